The molecule has 0 spiro atoms. The Morgan fingerprint density at radius 1 is 1.08 bits per heavy atom. The summed E-state index contributed by atoms with van der Waals surface area (Å²) in [6.07, 6.45) is 1.69. The number of hydrogen-bond acceptors (Lipinski definition) is 6. The smallest absolute Gasteiger partial charge is 0.231 e. The van der Waals surface area contributed by atoms with E-state index >= 15 is 0 Å². The molecule has 0 aliphatic carbocycles. The summed E-state index contributed by atoms with van der Waals surface area (Å²) in [6, 6.07) is 6.60. The summed E-state index contributed by atoms with van der Waals surface area (Å²) in [6.45, 7) is 1.81. The number of aryl methyl sites for hydroxylation is 1. The molecular formula is C18H14O6. The van der Waals surface area contributed by atoms with Gasteiger partial charge in [-0.15, -0.1) is 0 Å². The molecule has 122 valence electrons. The number of rotatable bonds is 2. The molecule has 6 nitrogen and oxygen atoms in total. The van der Waals surface area contributed by atoms with E-state index in [2.05, 4.69) is 0 Å². The summed E-state index contributed by atoms with van der Waals surface area (Å²) >= 11 is 0. The highest BCUT2D eigenvalue weighted by Gasteiger charge is 2.18. The van der Waals surface area contributed by atoms with Crippen molar-refractivity contribution in [1.82, 2.24) is 0 Å². The van der Waals surface area contributed by atoms with Crippen molar-refractivity contribution in [1.29, 1.82) is 0 Å². The fourth-order valence-corrected chi connectivity index (χ4v) is 2.83. The van der Waals surface area contributed by atoms with Crippen LogP contribution in [0.5, 0.6) is 23.0 Å². The first kappa shape index (κ1) is 14.4. The maximum absolute atomic E-state index is 12.7. The molecule has 1 aliphatic heterocycles. The lowest BCUT2D eigenvalue weighted by Crippen LogP contribution is -2.10. The van der Waals surface area contributed by atoms with Gasteiger partial charge < -0.3 is 24.1 Å². The monoisotopic (exact) mass is 326 g/mol. The van der Waals surface area contributed by atoms with Gasteiger partial charge in [-0.2, -0.15) is 0 Å². The predicted molar refractivity (Wildman–Crippen MR) is 85.9 cm³/mol. The molecule has 0 bridgehead atoms. The normalized spacial score (nSPS) is 12.7. The van der Waals surface area contributed by atoms with E-state index in [0.29, 0.717) is 29.0 Å². The molecule has 3 aromatic rings. The van der Waals surface area contributed by atoms with Gasteiger partial charge >= 0.3 is 0 Å². The molecular weight excluding hydrogens is 312 g/mol. The highest BCUT2D eigenvalue weighted by molar-refractivity contribution is 5.88. The molecule has 4 rings (SSSR count). The molecule has 0 radical (unpaired) electrons. The van der Waals surface area contributed by atoms with Crippen LogP contribution in [0, 0.1) is 6.92 Å². The van der Waals surface area contributed by atoms with Crippen LogP contribution in [0.25, 0.3) is 11.0 Å². The van der Waals surface area contributed by atoms with E-state index in [-0.39, 0.29) is 34.7 Å². The van der Waals surface area contributed by atoms with Crippen molar-refractivity contribution in [2.75, 3.05) is 6.79 Å². The topological polar surface area (TPSA) is 89.1 Å². The molecule has 24 heavy (non-hydrogen) atoms. The third kappa shape index (κ3) is 2.15. The van der Waals surface area contributed by atoms with Crippen LogP contribution in [0.15, 0.2) is 39.7 Å². The largest absolute Gasteiger partial charge is 0.507 e. The van der Waals surface area contributed by atoms with Crippen molar-refractivity contribution in [3.63, 3.8) is 0 Å². The quantitative estimate of drug-likeness (QED) is 0.753. The second-order valence-electron chi connectivity index (χ2n) is 5.70. The zero-order chi connectivity index (χ0) is 16.8. The fraction of sp³-hybridized carbons (Fsp3) is 0.167. The zero-order valence-electron chi connectivity index (χ0n) is 12.8. The van der Waals surface area contributed by atoms with Gasteiger partial charge in [0, 0.05) is 23.6 Å². The van der Waals surface area contributed by atoms with Crippen molar-refractivity contribution >= 4 is 11.0 Å². The number of aromatic hydroxyl groups is 2. The molecule has 2 N–H and O–H groups in total. The average Bonchev–Trinajstić information content (AvgIpc) is 3.02. The summed E-state index contributed by atoms with van der Waals surface area (Å²) in [5.41, 5.74) is 1.54. The first-order valence-corrected chi connectivity index (χ1v) is 7.39. The Kier molecular flexibility index (Phi) is 3.13. The van der Waals surface area contributed by atoms with Gasteiger partial charge in [-0.25, -0.2) is 0 Å². The number of ether oxygens (including phenoxy) is 2. The van der Waals surface area contributed by atoms with Crippen LogP contribution in [0.3, 0.4) is 0 Å². The van der Waals surface area contributed by atoms with Gasteiger partial charge in [0.2, 0.25) is 6.79 Å². The number of hydrogen-bond donors (Lipinski definition) is 2. The molecule has 6 heteroatoms. The summed E-state index contributed by atoms with van der Waals surface area (Å²) < 4.78 is 16.1. The molecule has 1 aromatic heterocycles. The Labute approximate surface area is 136 Å². The van der Waals surface area contributed by atoms with E-state index in [9.17, 15) is 15.0 Å². The van der Waals surface area contributed by atoms with E-state index in [1.807, 2.05) is 12.1 Å². The van der Waals surface area contributed by atoms with Crippen molar-refractivity contribution in [2.24, 2.45) is 0 Å². The third-order valence-electron chi connectivity index (χ3n) is 4.15. The van der Waals surface area contributed by atoms with Gasteiger partial charge in [0.25, 0.3) is 0 Å². The van der Waals surface area contributed by atoms with Gasteiger partial charge in [-0.1, -0.05) is 6.07 Å². The first-order valence-electron chi connectivity index (χ1n) is 7.39. The molecule has 0 amide bonds. The summed E-state index contributed by atoms with van der Waals surface area (Å²) in [7, 11) is 0. The highest BCUT2D eigenvalue weighted by Crippen LogP contribution is 2.34. The van der Waals surface area contributed by atoms with Gasteiger partial charge in [-0.3, -0.25) is 4.79 Å². The lowest BCUT2D eigenvalue weighted by Gasteiger charge is -2.08. The Balaban J connectivity index is 1.81. The van der Waals surface area contributed by atoms with Crippen LogP contribution in [0.2, 0.25) is 0 Å². The van der Waals surface area contributed by atoms with Crippen molar-refractivity contribution in [3.05, 3.63) is 57.4 Å². The Bertz CT molecular complexity index is 1020. The van der Waals surface area contributed by atoms with Crippen LogP contribution in [-0.4, -0.2) is 17.0 Å². The maximum Gasteiger partial charge on any atom is 0.231 e. The highest BCUT2D eigenvalue weighted by atomic mass is 16.7. The lowest BCUT2D eigenvalue weighted by atomic mass is 10.0. The van der Waals surface area contributed by atoms with E-state index < -0.39 is 0 Å². The van der Waals surface area contributed by atoms with Crippen molar-refractivity contribution in [2.45, 2.75) is 13.3 Å². The number of phenols is 2. The number of fused-ring (bicyclic) bond motifs is 2. The lowest BCUT2D eigenvalue weighted by molar-refractivity contribution is 0.174. The molecule has 1 aliphatic rings. The fourth-order valence-electron chi connectivity index (χ4n) is 2.83. The zero-order valence-corrected chi connectivity index (χ0v) is 12.8. The number of benzene rings is 2. The van der Waals surface area contributed by atoms with Gasteiger partial charge in [0.05, 0.1) is 6.26 Å². The van der Waals surface area contributed by atoms with E-state index in [0.717, 1.165) is 11.6 Å². The Morgan fingerprint density at radius 2 is 1.88 bits per heavy atom. The van der Waals surface area contributed by atoms with Gasteiger partial charge in [0.15, 0.2) is 16.9 Å². The molecule has 0 saturated carbocycles. The Morgan fingerprint density at radius 3 is 2.71 bits per heavy atom. The molecule has 2 heterocycles. The standard InChI is InChI=1S/C18H14O6/c1-9-12(19)6-13(20)16-17(21)11(7-22-18(9)16)4-10-2-3-14-15(5-10)24-8-23-14/h2-3,5-7,19-20H,4,8H2,1H3. The van der Waals surface area contributed by atoms with Crippen LogP contribution in [0.4, 0.5) is 0 Å². The predicted octanol–water partition coefficient (Wildman–Crippen LogP) is 2.83. The third-order valence-corrected chi connectivity index (χ3v) is 4.15. The SMILES string of the molecule is Cc1c(O)cc(O)c2c(=O)c(Cc3ccc4c(c3)OCO4)coc12. The summed E-state index contributed by atoms with van der Waals surface area (Å²) in [4.78, 5) is 12.7. The van der Waals surface area contributed by atoms with Crippen LogP contribution in [0.1, 0.15) is 16.7 Å². The minimum atomic E-state index is -0.325. The summed E-state index contributed by atoms with van der Waals surface area (Å²) in [5, 5.41) is 19.8. The average molecular weight is 326 g/mol. The second kappa shape index (κ2) is 5.19. The molecule has 2 aromatic carbocycles. The van der Waals surface area contributed by atoms with Crippen LogP contribution in [-0.2, 0) is 6.42 Å². The van der Waals surface area contributed by atoms with Crippen LogP contribution < -0.4 is 14.9 Å². The maximum atomic E-state index is 12.7. The molecule has 0 saturated heterocycles. The van der Waals surface area contributed by atoms with Crippen molar-refractivity contribution < 1.29 is 24.1 Å². The summed E-state index contributed by atoms with van der Waals surface area (Å²) in [5.74, 6) is 0.899. The second-order valence-corrected chi connectivity index (χ2v) is 5.70. The minimum absolute atomic E-state index is 0.0727. The number of phenolic OH excluding ortho intramolecular Hbond substituents is 2. The van der Waals surface area contributed by atoms with E-state index in [4.69, 9.17) is 13.9 Å². The Hall–Kier alpha value is -3.15. The van der Waals surface area contributed by atoms with Gasteiger partial charge in [-0.05, 0) is 24.6 Å². The van der Waals surface area contributed by atoms with Crippen molar-refractivity contribution in [3.8, 4) is 23.0 Å². The molecule has 0 unspecified atom stereocenters. The molecule has 0 atom stereocenters. The first-order chi connectivity index (χ1) is 11.5. The van der Waals surface area contributed by atoms with E-state index in [1.165, 1.54) is 6.26 Å². The molecule has 0 fully saturated rings. The minimum Gasteiger partial charge on any atom is -0.507 e. The van der Waals surface area contributed by atoms with Gasteiger partial charge in [0.1, 0.15) is 22.5 Å². The van der Waals surface area contributed by atoms with E-state index in [1.54, 1.807) is 13.0 Å². The van der Waals surface area contributed by atoms with Crippen LogP contribution >= 0.6 is 0 Å².